The molecule has 0 aromatic heterocycles. The van der Waals surface area contributed by atoms with E-state index in [-0.39, 0.29) is 24.0 Å². The molecule has 0 bridgehead atoms. The van der Waals surface area contributed by atoms with Gasteiger partial charge in [-0.3, -0.25) is 4.99 Å². The highest BCUT2D eigenvalue weighted by atomic mass is 127. The lowest BCUT2D eigenvalue weighted by Gasteiger charge is -2.16. The second-order valence-corrected chi connectivity index (χ2v) is 3.95. The predicted molar refractivity (Wildman–Crippen MR) is 87.0 cm³/mol. The Kier molecular flexibility index (Phi) is 16.8. The zero-order chi connectivity index (χ0) is 12.9. The maximum absolute atomic E-state index is 5.43. The molecule has 0 saturated carbocycles. The molecule has 0 unspecified atom stereocenters. The minimum absolute atomic E-state index is 0. The van der Waals surface area contributed by atoms with E-state index in [1.165, 1.54) is 6.42 Å². The number of unbranched alkanes of at least 4 members (excludes halogenated alkanes) is 1. The van der Waals surface area contributed by atoms with Crippen molar-refractivity contribution in [2.45, 2.75) is 19.8 Å². The molecule has 0 aliphatic heterocycles. The van der Waals surface area contributed by atoms with Crippen LogP contribution in [0, 0.1) is 0 Å². The summed E-state index contributed by atoms with van der Waals surface area (Å²) in [7, 11) is 5.68. The van der Waals surface area contributed by atoms with Crippen LogP contribution in [0.2, 0.25) is 0 Å². The summed E-state index contributed by atoms with van der Waals surface area (Å²) < 4.78 is 10.8. The van der Waals surface area contributed by atoms with Crippen LogP contribution in [0.25, 0.3) is 0 Å². The number of hydrogen-bond donors (Lipinski definition) is 1. The molecule has 0 radical (unpaired) electrons. The van der Waals surface area contributed by atoms with Gasteiger partial charge in [-0.15, -0.1) is 24.0 Å². The van der Waals surface area contributed by atoms with E-state index < -0.39 is 0 Å². The Morgan fingerprint density at radius 3 is 2.22 bits per heavy atom. The molecule has 0 amide bonds. The average molecular weight is 373 g/mol. The minimum Gasteiger partial charge on any atom is -0.379 e. The fourth-order valence-corrected chi connectivity index (χ4v) is 1.24. The molecule has 0 aliphatic carbocycles. The van der Waals surface area contributed by atoms with Crippen LogP contribution in [0.5, 0.6) is 0 Å². The van der Waals surface area contributed by atoms with Crippen molar-refractivity contribution in [3.63, 3.8) is 0 Å². The van der Waals surface area contributed by atoms with Crippen LogP contribution >= 0.6 is 24.0 Å². The molecular formula is C12H28IN3O2. The molecule has 0 fully saturated rings. The van der Waals surface area contributed by atoms with Crippen molar-refractivity contribution < 1.29 is 9.47 Å². The van der Waals surface area contributed by atoms with Crippen LogP contribution in [0.15, 0.2) is 4.99 Å². The SMILES string of the molecule is CCCCOCCOCCNC(=NC)N(C)C.I. The lowest BCUT2D eigenvalue weighted by molar-refractivity contribution is 0.0486. The molecule has 0 aliphatic rings. The van der Waals surface area contributed by atoms with Gasteiger partial charge in [-0.1, -0.05) is 13.3 Å². The summed E-state index contributed by atoms with van der Waals surface area (Å²) in [5, 5.41) is 3.19. The standard InChI is InChI=1S/C12H27N3O2.HI/c1-5-6-8-16-10-11-17-9-7-14-12(13-2)15(3)4;/h5-11H2,1-4H3,(H,13,14);1H. The van der Waals surface area contributed by atoms with Gasteiger partial charge in [-0.05, 0) is 6.42 Å². The number of guanidine groups is 1. The van der Waals surface area contributed by atoms with E-state index >= 15 is 0 Å². The third-order valence-electron chi connectivity index (χ3n) is 2.18. The Morgan fingerprint density at radius 1 is 1.11 bits per heavy atom. The summed E-state index contributed by atoms with van der Waals surface area (Å²) in [5.41, 5.74) is 0. The van der Waals surface area contributed by atoms with Crippen molar-refractivity contribution in [2.24, 2.45) is 4.99 Å². The molecular weight excluding hydrogens is 345 g/mol. The number of aliphatic imine (C=N–C) groups is 1. The van der Waals surface area contributed by atoms with E-state index in [9.17, 15) is 0 Å². The first kappa shape index (κ1) is 20.2. The van der Waals surface area contributed by atoms with Crippen molar-refractivity contribution in [2.75, 3.05) is 54.1 Å². The van der Waals surface area contributed by atoms with Gasteiger partial charge in [0.1, 0.15) is 0 Å². The molecule has 110 valence electrons. The molecule has 6 heteroatoms. The van der Waals surface area contributed by atoms with Gasteiger partial charge in [0, 0.05) is 34.3 Å². The summed E-state index contributed by atoms with van der Waals surface area (Å²) in [6, 6.07) is 0. The molecule has 0 atom stereocenters. The van der Waals surface area contributed by atoms with Gasteiger partial charge in [-0.2, -0.15) is 0 Å². The Morgan fingerprint density at radius 2 is 1.72 bits per heavy atom. The first-order valence-corrected chi connectivity index (χ1v) is 6.25. The maximum atomic E-state index is 5.43. The van der Waals surface area contributed by atoms with E-state index in [0.29, 0.717) is 19.8 Å². The molecule has 0 heterocycles. The number of hydrogen-bond acceptors (Lipinski definition) is 3. The molecule has 0 spiro atoms. The molecule has 5 nitrogen and oxygen atoms in total. The van der Waals surface area contributed by atoms with Gasteiger partial charge >= 0.3 is 0 Å². The molecule has 18 heavy (non-hydrogen) atoms. The first-order chi connectivity index (χ1) is 8.22. The van der Waals surface area contributed by atoms with E-state index in [1.54, 1.807) is 7.05 Å². The van der Waals surface area contributed by atoms with Crippen LogP contribution in [0.4, 0.5) is 0 Å². The van der Waals surface area contributed by atoms with Gasteiger partial charge in [0.05, 0.1) is 19.8 Å². The van der Waals surface area contributed by atoms with Crippen molar-refractivity contribution in [3.8, 4) is 0 Å². The minimum atomic E-state index is 0. The normalized spacial score (nSPS) is 11.0. The summed E-state index contributed by atoms with van der Waals surface area (Å²) in [6.07, 6.45) is 2.30. The van der Waals surface area contributed by atoms with E-state index in [0.717, 1.165) is 25.5 Å². The van der Waals surface area contributed by atoms with Gasteiger partial charge in [0.15, 0.2) is 5.96 Å². The van der Waals surface area contributed by atoms with Crippen LogP contribution in [0.1, 0.15) is 19.8 Å². The smallest absolute Gasteiger partial charge is 0.193 e. The van der Waals surface area contributed by atoms with Gasteiger partial charge in [0.25, 0.3) is 0 Å². The number of ether oxygens (including phenoxy) is 2. The highest BCUT2D eigenvalue weighted by Gasteiger charge is 1.98. The molecule has 0 saturated heterocycles. The Bertz CT molecular complexity index is 202. The van der Waals surface area contributed by atoms with Gasteiger partial charge in [-0.25, -0.2) is 0 Å². The second kappa shape index (κ2) is 15.0. The van der Waals surface area contributed by atoms with Crippen LogP contribution in [-0.4, -0.2) is 65.0 Å². The largest absolute Gasteiger partial charge is 0.379 e. The van der Waals surface area contributed by atoms with Gasteiger partial charge < -0.3 is 19.7 Å². The second-order valence-electron chi connectivity index (χ2n) is 3.95. The van der Waals surface area contributed by atoms with Crippen molar-refractivity contribution >= 4 is 29.9 Å². The first-order valence-electron chi connectivity index (χ1n) is 6.25. The lowest BCUT2D eigenvalue weighted by atomic mass is 10.4. The Hall–Kier alpha value is -0.0800. The fraction of sp³-hybridized carbons (Fsp3) is 0.917. The lowest BCUT2D eigenvalue weighted by Crippen LogP contribution is -2.38. The monoisotopic (exact) mass is 373 g/mol. The topological polar surface area (TPSA) is 46.1 Å². The van der Waals surface area contributed by atoms with E-state index in [2.05, 4.69) is 17.2 Å². The van der Waals surface area contributed by atoms with Crippen molar-refractivity contribution in [3.05, 3.63) is 0 Å². The Balaban J connectivity index is 0. The Labute approximate surface area is 128 Å². The number of nitrogens with zero attached hydrogens (tertiary/aromatic N) is 2. The number of rotatable bonds is 9. The van der Waals surface area contributed by atoms with Crippen LogP contribution < -0.4 is 5.32 Å². The van der Waals surface area contributed by atoms with E-state index in [4.69, 9.17) is 9.47 Å². The quantitative estimate of drug-likeness (QED) is 0.289. The molecule has 0 aromatic carbocycles. The van der Waals surface area contributed by atoms with Crippen LogP contribution in [0.3, 0.4) is 0 Å². The zero-order valence-corrected chi connectivity index (χ0v) is 14.4. The van der Waals surface area contributed by atoms with Crippen LogP contribution in [-0.2, 0) is 9.47 Å². The van der Waals surface area contributed by atoms with Crippen molar-refractivity contribution in [1.82, 2.24) is 10.2 Å². The average Bonchev–Trinajstić information content (AvgIpc) is 2.31. The van der Waals surface area contributed by atoms with Gasteiger partial charge in [0.2, 0.25) is 0 Å². The predicted octanol–water partition coefficient (Wildman–Crippen LogP) is 1.57. The highest BCUT2D eigenvalue weighted by Crippen LogP contribution is 1.87. The third kappa shape index (κ3) is 12.4. The summed E-state index contributed by atoms with van der Waals surface area (Å²) in [4.78, 5) is 6.04. The summed E-state index contributed by atoms with van der Waals surface area (Å²) in [5.74, 6) is 0.868. The van der Waals surface area contributed by atoms with Crippen molar-refractivity contribution in [1.29, 1.82) is 0 Å². The maximum Gasteiger partial charge on any atom is 0.193 e. The summed E-state index contributed by atoms with van der Waals surface area (Å²) >= 11 is 0. The molecule has 0 rings (SSSR count). The number of halogens is 1. The molecule has 0 aromatic rings. The zero-order valence-electron chi connectivity index (χ0n) is 12.1. The fourth-order valence-electron chi connectivity index (χ4n) is 1.24. The number of nitrogens with one attached hydrogen (secondary N) is 1. The highest BCUT2D eigenvalue weighted by molar-refractivity contribution is 14.0. The third-order valence-corrected chi connectivity index (χ3v) is 2.18. The molecule has 1 N–H and O–H groups in total. The summed E-state index contributed by atoms with van der Waals surface area (Å²) in [6.45, 7) is 5.77. The van der Waals surface area contributed by atoms with E-state index in [1.807, 2.05) is 19.0 Å².